The van der Waals surface area contributed by atoms with Gasteiger partial charge in [0.05, 0.1) is 10.7 Å². The second-order valence-electron chi connectivity index (χ2n) is 4.38. The lowest BCUT2D eigenvalue weighted by Gasteiger charge is -2.08. The molecule has 2 N–H and O–H groups in total. The fourth-order valence-corrected chi connectivity index (χ4v) is 2.03. The average Bonchev–Trinajstić information content (AvgIpc) is 2.42. The third-order valence-electron chi connectivity index (χ3n) is 2.71. The number of halogens is 1. The number of amides is 1. The zero-order chi connectivity index (χ0) is 14.5. The standard InChI is InChI=1S/C15H16ClN3O/c1-3-17-14-6-4-5-13(18-14)15(20)19-12-8-7-10(2)9-11(12)16/h4-9H,3H2,1-2H3,(H,17,18)(H,19,20). The summed E-state index contributed by atoms with van der Waals surface area (Å²) < 4.78 is 0. The molecule has 0 atom stereocenters. The first kappa shape index (κ1) is 14.3. The molecule has 0 bridgehead atoms. The lowest BCUT2D eigenvalue weighted by Crippen LogP contribution is -2.15. The van der Waals surface area contributed by atoms with Gasteiger partial charge in [0.1, 0.15) is 11.5 Å². The van der Waals surface area contributed by atoms with Crippen LogP contribution >= 0.6 is 11.6 Å². The van der Waals surface area contributed by atoms with Crippen molar-refractivity contribution in [3.05, 3.63) is 52.7 Å². The van der Waals surface area contributed by atoms with Gasteiger partial charge in [0.25, 0.3) is 5.91 Å². The van der Waals surface area contributed by atoms with Crippen molar-refractivity contribution in [2.24, 2.45) is 0 Å². The van der Waals surface area contributed by atoms with E-state index >= 15 is 0 Å². The number of carbonyl (C=O) groups is 1. The highest BCUT2D eigenvalue weighted by atomic mass is 35.5. The number of anilines is 2. The van der Waals surface area contributed by atoms with Crippen LogP contribution in [0.5, 0.6) is 0 Å². The third kappa shape index (κ3) is 3.48. The molecule has 1 amide bonds. The van der Waals surface area contributed by atoms with Crippen molar-refractivity contribution in [1.29, 1.82) is 0 Å². The van der Waals surface area contributed by atoms with E-state index in [9.17, 15) is 4.79 Å². The average molecular weight is 290 g/mol. The number of hydrogen-bond donors (Lipinski definition) is 2. The number of nitrogens with zero attached hydrogens (tertiary/aromatic N) is 1. The maximum atomic E-state index is 12.1. The van der Waals surface area contributed by atoms with Crippen LogP contribution in [0.3, 0.4) is 0 Å². The summed E-state index contributed by atoms with van der Waals surface area (Å²) in [7, 11) is 0. The summed E-state index contributed by atoms with van der Waals surface area (Å²) in [5, 5.41) is 6.35. The van der Waals surface area contributed by atoms with E-state index < -0.39 is 0 Å². The molecule has 0 aliphatic rings. The molecule has 104 valence electrons. The minimum Gasteiger partial charge on any atom is -0.370 e. The summed E-state index contributed by atoms with van der Waals surface area (Å²) in [5.74, 6) is 0.394. The molecule has 0 radical (unpaired) electrons. The van der Waals surface area contributed by atoms with Gasteiger partial charge in [0, 0.05) is 6.54 Å². The van der Waals surface area contributed by atoms with Crippen molar-refractivity contribution in [3.63, 3.8) is 0 Å². The lowest BCUT2D eigenvalue weighted by molar-refractivity contribution is 0.102. The predicted molar refractivity (Wildman–Crippen MR) is 82.5 cm³/mol. The second-order valence-corrected chi connectivity index (χ2v) is 4.78. The van der Waals surface area contributed by atoms with Gasteiger partial charge in [0.15, 0.2) is 0 Å². The van der Waals surface area contributed by atoms with Gasteiger partial charge in [-0.2, -0.15) is 0 Å². The minimum absolute atomic E-state index is 0.282. The third-order valence-corrected chi connectivity index (χ3v) is 3.03. The monoisotopic (exact) mass is 289 g/mol. The Labute approximate surface area is 123 Å². The summed E-state index contributed by atoms with van der Waals surface area (Å²) in [6.45, 7) is 4.67. The molecular weight excluding hydrogens is 274 g/mol. The van der Waals surface area contributed by atoms with E-state index in [4.69, 9.17) is 11.6 Å². The van der Waals surface area contributed by atoms with E-state index in [1.165, 1.54) is 0 Å². The van der Waals surface area contributed by atoms with Crippen molar-refractivity contribution in [1.82, 2.24) is 4.98 Å². The van der Waals surface area contributed by atoms with E-state index in [-0.39, 0.29) is 5.91 Å². The number of pyridine rings is 1. The van der Waals surface area contributed by atoms with Crippen molar-refractivity contribution >= 4 is 29.0 Å². The Balaban J connectivity index is 2.17. The Morgan fingerprint density at radius 3 is 2.80 bits per heavy atom. The Kier molecular flexibility index (Phi) is 4.58. The van der Waals surface area contributed by atoms with Crippen molar-refractivity contribution < 1.29 is 4.79 Å². The van der Waals surface area contributed by atoms with E-state index in [2.05, 4.69) is 15.6 Å². The molecule has 0 unspecified atom stereocenters. The van der Waals surface area contributed by atoms with Gasteiger partial charge in [-0.05, 0) is 43.7 Å². The van der Waals surface area contributed by atoms with Gasteiger partial charge in [0.2, 0.25) is 0 Å². The number of hydrogen-bond acceptors (Lipinski definition) is 3. The maximum Gasteiger partial charge on any atom is 0.274 e. The zero-order valence-electron chi connectivity index (χ0n) is 11.4. The van der Waals surface area contributed by atoms with E-state index in [0.29, 0.717) is 22.2 Å². The first-order valence-electron chi connectivity index (χ1n) is 6.38. The molecule has 5 heteroatoms. The molecule has 1 aromatic heterocycles. The number of carbonyl (C=O) groups excluding carboxylic acids is 1. The van der Waals surface area contributed by atoms with Crippen molar-refractivity contribution in [3.8, 4) is 0 Å². The normalized spacial score (nSPS) is 10.2. The van der Waals surface area contributed by atoms with Gasteiger partial charge in [-0.3, -0.25) is 4.79 Å². The molecule has 2 aromatic rings. The van der Waals surface area contributed by atoms with Crippen molar-refractivity contribution in [2.45, 2.75) is 13.8 Å². The number of benzene rings is 1. The van der Waals surface area contributed by atoms with Gasteiger partial charge >= 0.3 is 0 Å². The van der Waals surface area contributed by atoms with E-state index in [0.717, 1.165) is 12.1 Å². The zero-order valence-corrected chi connectivity index (χ0v) is 12.2. The Bertz CT molecular complexity index is 628. The number of rotatable bonds is 4. The first-order valence-corrected chi connectivity index (χ1v) is 6.76. The summed E-state index contributed by atoms with van der Waals surface area (Å²) in [6.07, 6.45) is 0. The highest BCUT2D eigenvalue weighted by Crippen LogP contribution is 2.23. The van der Waals surface area contributed by atoms with Crippen LogP contribution in [0.1, 0.15) is 23.0 Å². The lowest BCUT2D eigenvalue weighted by atomic mass is 10.2. The summed E-state index contributed by atoms with van der Waals surface area (Å²) in [4.78, 5) is 16.4. The minimum atomic E-state index is -0.282. The quantitative estimate of drug-likeness (QED) is 0.902. The molecule has 4 nitrogen and oxygen atoms in total. The van der Waals surface area contributed by atoms with E-state index in [1.807, 2.05) is 26.0 Å². The van der Waals surface area contributed by atoms with Crippen LogP contribution in [-0.2, 0) is 0 Å². The SMILES string of the molecule is CCNc1cccc(C(=O)Nc2ccc(C)cc2Cl)n1. The highest BCUT2D eigenvalue weighted by Gasteiger charge is 2.10. The molecule has 0 aliphatic carbocycles. The maximum absolute atomic E-state index is 12.1. The topological polar surface area (TPSA) is 54.0 Å². The Morgan fingerprint density at radius 2 is 2.10 bits per heavy atom. The molecule has 0 saturated carbocycles. The summed E-state index contributed by atoms with van der Waals surface area (Å²) in [5.41, 5.74) is 1.97. The summed E-state index contributed by atoms with van der Waals surface area (Å²) >= 11 is 6.09. The number of aromatic nitrogens is 1. The molecular formula is C15H16ClN3O. The van der Waals surface area contributed by atoms with Gasteiger partial charge < -0.3 is 10.6 Å². The fraction of sp³-hybridized carbons (Fsp3) is 0.200. The van der Waals surface area contributed by atoms with Crippen LogP contribution in [0.15, 0.2) is 36.4 Å². The molecule has 0 fully saturated rings. The van der Waals surface area contributed by atoms with Crippen LogP contribution in [0, 0.1) is 6.92 Å². The Morgan fingerprint density at radius 1 is 1.30 bits per heavy atom. The van der Waals surface area contributed by atoms with Crippen LogP contribution < -0.4 is 10.6 Å². The molecule has 1 heterocycles. The van der Waals surface area contributed by atoms with Gasteiger partial charge in [-0.1, -0.05) is 23.7 Å². The molecule has 1 aromatic carbocycles. The summed E-state index contributed by atoms with van der Waals surface area (Å²) in [6, 6.07) is 10.8. The fourth-order valence-electron chi connectivity index (χ4n) is 1.75. The molecule has 0 spiro atoms. The van der Waals surface area contributed by atoms with Crippen LogP contribution in [0.2, 0.25) is 5.02 Å². The molecule has 20 heavy (non-hydrogen) atoms. The largest absolute Gasteiger partial charge is 0.370 e. The van der Waals surface area contributed by atoms with Crippen LogP contribution in [0.25, 0.3) is 0 Å². The smallest absolute Gasteiger partial charge is 0.274 e. The van der Waals surface area contributed by atoms with Crippen LogP contribution in [-0.4, -0.2) is 17.4 Å². The van der Waals surface area contributed by atoms with E-state index in [1.54, 1.807) is 24.3 Å². The number of nitrogens with one attached hydrogen (secondary N) is 2. The van der Waals surface area contributed by atoms with Gasteiger partial charge in [-0.15, -0.1) is 0 Å². The first-order chi connectivity index (χ1) is 9.60. The number of aryl methyl sites for hydroxylation is 1. The predicted octanol–water partition coefficient (Wildman–Crippen LogP) is 3.73. The van der Waals surface area contributed by atoms with Crippen LogP contribution in [0.4, 0.5) is 11.5 Å². The van der Waals surface area contributed by atoms with Gasteiger partial charge in [-0.25, -0.2) is 4.98 Å². The highest BCUT2D eigenvalue weighted by molar-refractivity contribution is 6.34. The second kappa shape index (κ2) is 6.39. The molecule has 0 aliphatic heterocycles. The Hall–Kier alpha value is -2.07. The van der Waals surface area contributed by atoms with Crippen molar-refractivity contribution in [2.75, 3.05) is 17.2 Å². The molecule has 0 saturated heterocycles. The molecule has 2 rings (SSSR count).